The van der Waals surface area contributed by atoms with E-state index in [-0.39, 0.29) is 18.3 Å². The smallest absolute Gasteiger partial charge is 0.399 e. The van der Waals surface area contributed by atoms with Gasteiger partial charge >= 0.3 is 7.12 Å². The highest BCUT2D eigenvalue weighted by Gasteiger charge is 2.51. The predicted molar refractivity (Wildman–Crippen MR) is 92.6 cm³/mol. The van der Waals surface area contributed by atoms with E-state index in [1.807, 2.05) is 0 Å². The molecule has 0 amide bonds. The molecule has 0 saturated carbocycles. The van der Waals surface area contributed by atoms with Crippen LogP contribution in [0.2, 0.25) is 0 Å². The van der Waals surface area contributed by atoms with Crippen molar-refractivity contribution in [2.24, 2.45) is 0 Å². The Balaban J connectivity index is 1.72. The molecule has 1 aromatic carbocycles. The molecule has 1 aliphatic heterocycles. The van der Waals surface area contributed by atoms with Gasteiger partial charge in [0.15, 0.2) is 18.9 Å². The molecule has 1 aliphatic rings. The summed E-state index contributed by atoms with van der Waals surface area (Å²) in [6.07, 6.45) is 4.22. The van der Waals surface area contributed by atoms with Crippen LogP contribution in [-0.2, 0) is 15.9 Å². The second-order valence-electron chi connectivity index (χ2n) is 7.38. The summed E-state index contributed by atoms with van der Waals surface area (Å²) in [6, 6.07) is 12.7. The summed E-state index contributed by atoms with van der Waals surface area (Å²) in [4.78, 5) is 0. The minimum atomic E-state index is -0.298. The monoisotopic (exact) mass is 310 g/mol. The molecule has 0 N–H and O–H groups in total. The van der Waals surface area contributed by atoms with Gasteiger partial charge in [0, 0.05) is 17.7 Å². The number of pyridine rings is 1. The molecular formula is C19H25BNO2+. The molecule has 0 unspecified atom stereocenters. The fraction of sp³-hybridized carbons (Fsp3) is 0.421. The Bertz CT molecular complexity index is 662. The average molecular weight is 310 g/mol. The predicted octanol–water partition coefficient (Wildman–Crippen LogP) is 2.63. The Labute approximate surface area is 139 Å². The van der Waals surface area contributed by atoms with E-state index in [1.165, 1.54) is 11.1 Å². The first-order valence-electron chi connectivity index (χ1n) is 8.17. The minimum absolute atomic E-state index is 0.291. The Morgan fingerprint density at radius 3 is 1.91 bits per heavy atom. The molecule has 23 heavy (non-hydrogen) atoms. The molecule has 0 spiro atoms. The Morgan fingerprint density at radius 1 is 0.870 bits per heavy atom. The van der Waals surface area contributed by atoms with E-state index in [2.05, 4.69) is 88.0 Å². The van der Waals surface area contributed by atoms with E-state index in [0.717, 1.165) is 12.0 Å². The molecule has 3 nitrogen and oxygen atoms in total. The van der Waals surface area contributed by atoms with Crippen LogP contribution in [0.5, 0.6) is 0 Å². The van der Waals surface area contributed by atoms with Crippen molar-refractivity contribution < 1.29 is 13.9 Å². The van der Waals surface area contributed by atoms with Crippen molar-refractivity contribution in [3.8, 4) is 0 Å². The second kappa shape index (κ2) is 5.77. The van der Waals surface area contributed by atoms with Crippen LogP contribution in [-0.4, -0.2) is 18.3 Å². The van der Waals surface area contributed by atoms with Crippen LogP contribution in [0.4, 0.5) is 0 Å². The molecule has 1 fully saturated rings. The number of aromatic nitrogens is 1. The highest BCUT2D eigenvalue weighted by Crippen LogP contribution is 2.36. The van der Waals surface area contributed by atoms with Crippen LogP contribution in [0.1, 0.15) is 38.8 Å². The van der Waals surface area contributed by atoms with E-state index < -0.39 is 0 Å². The number of hydrogen-bond donors (Lipinski definition) is 0. The van der Waals surface area contributed by atoms with Gasteiger partial charge in [0.2, 0.25) is 0 Å². The zero-order valence-electron chi connectivity index (χ0n) is 14.7. The van der Waals surface area contributed by atoms with Crippen LogP contribution in [0.25, 0.3) is 0 Å². The Kier molecular flexibility index (Phi) is 4.07. The first-order valence-corrected chi connectivity index (χ1v) is 8.17. The van der Waals surface area contributed by atoms with Gasteiger partial charge in [-0.2, -0.15) is 0 Å². The first-order chi connectivity index (χ1) is 10.8. The lowest BCUT2D eigenvalue weighted by Gasteiger charge is -2.32. The van der Waals surface area contributed by atoms with Crippen molar-refractivity contribution in [3.05, 3.63) is 59.9 Å². The molecule has 0 atom stereocenters. The van der Waals surface area contributed by atoms with Gasteiger partial charge in [0.25, 0.3) is 0 Å². The van der Waals surface area contributed by atoms with Crippen LogP contribution < -0.4 is 10.0 Å². The molecule has 0 bridgehead atoms. The molecule has 2 heterocycles. The molecule has 1 aromatic heterocycles. The molecular weight excluding hydrogens is 285 g/mol. The van der Waals surface area contributed by atoms with E-state index in [4.69, 9.17) is 9.31 Å². The standard InChI is InChI=1S/C19H25BNO2/c1-15-10-12-21(13-11-15)14-16-6-8-17(9-7-16)20-22-18(2,3)19(4,5)23-20/h6-13H,14H2,1-5H3/q+1. The van der Waals surface area contributed by atoms with Gasteiger partial charge in [0.1, 0.15) is 0 Å². The molecule has 2 aromatic rings. The van der Waals surface area contributed by atoms with Crippen molar-refractivity contribution in [2.75, 3.05) is 0 Å². The summed E-state index contributed by atoms with van der Waals surface area (Å²) in [5.41, 5.74) is 3.01. The molecule has 3 rings (SSSR count). The summed E-state index contributed by atoms with van der Waals surface area (Å²) < 4.78 is 14.4. The van der Waals surface area contributed by atoms with Crippen LogP contribution >= 0.6 is 0 Å². The molecule has 0 aliphatic carbocycles. The van der Waals surface area contributed by atoms with Crippen LogP contribution in [0.3, 0.4) is 0 Å². The number of benzene rings is 1. The van der Waals surface area contributed by atoms with Gasteiger partial charge < -0.3 is 9.31 Å². The van der Waals surface area contributed by atoms with Crippen molar-refractivity contribution in [1.82, 2.24) is 0 Å². The van der Waals surface area contributed by atoms with Crippen LogP contribution in [0.15, 0.2) is 48.8 Å². The highest BCUT2D eigenvalue weighted by atomic mass is 16.7. The summed E-state index contributed by atoms with van der Waals surface area (Å²) >= 11 is 0. The minimum Gasteiger partial charge on any atom is -0.399 e. The lowest BCUT2D eigenvalue weighted by atomic mass is 9.79. The Hall–Kier alpha value is -1.65. The van der Waals surface area contributed by atoms with Crippen molar-refractivity contribution in [3.63, 3.8) is 0 Å². The number of hydrogen-bond acceptors (Lipinski definition) is 2. The zero-order valence-corrected chi connectivity index (χ0v) is 14.7. The maximum Gasteiger partial charge on any atom is 0.494 e. The van der Waals surface area contributed by atoms with Crippen molar-refractivity contribution in [2.45, 2.75) is 52.4 Å². The summed E-state index contributed by atoms with van der Waals surface area (Å²) in [6.45, 7) is 11.3. The normalized spacial score (nSPS) is 19.1. The molecule has 1 saturated heterocycles. The van der Waals surface area contributed by atoms with Gasteiger partial charge in [0.05, 0.1) is 11.2 Å². The zero-order chi connectivity index (χ0) is 16.7. The van der Waals surface area contributed by atoms with E-state index >= 15 is 0 Å². The lowest BCUT2D eigenvalue weighted by Crippen LogP contribution is -2.41. The molecule has 120 valence electrons. The number of rotatable bonds is 3. The lowest BCUT2D eigenvalue weighted by molar-refractivity contribution is -0.688. The van der Waals surface area contributed by atoms with Gasteiger partial charge in [-0.15, -0.1) is 0 Å². The summed E-state index contributed by atoms with van der Waals surface area (Å²) in [5.74, 6) is 0. The first kappa shape index (κ1) is 16.2. The molecule has 0 radical (unpaired) electrons. The fourth-order valence-electron chi connectivity index (χ4n) is 2.61. The van der Waals surface area contributed by atoms with Gasteiger partial charge in [-0.1, -0.05) is 24.3 Å². The SMILES string of the molecule is Cc1cc[n+](Cc2ccc(B3OC(C)(C)C(C)(C)O3)cc2)cc1. The van der Waals surface area contributed by atoms with Crippen molar-refractivity contribution >= 4 is 12.6 Å². The molecule has 4 heteroatoms. The third-order valence-corrected chi connectivity index (χ3v) is 4.93. The van der Waals surface area contributed by atoms with Gasteiger partial charge in [-0.05, 0) is 45.6 Å². The quantitative estimate of drug-likeness (QED) is 0.642. The number of nitrogens with zero attached hydrogens (tertiary/aromatic N) is 1. The van der Waals surface area contributed by atoms with Gasteiger partial charge in [-0.25, -0.2) is 4.57 Å². The number of aryl methyl sites for hydroxylation is 1. The van der Waals surface area contributed by atoms with Gasteiger partial charge in [-0.3, -0.25) is 0 Å². The van der Waals surface area contributed by atoms with Crippen molar-refractivity contribution in [1.29, 1.82) is 0 Å². The van der Waals surface area contributed by atoms with E-state index in [9.17, 15) is 0 Å². The third kappa shape index (κ3) is 3.33. The largest absolute Gasteiger partial charge is 0.494 e. The van der Waals surface area contributed by atoms with Crippen LogP contribution in [0, 0.1) is 6.92 Å². The topological polar surface area (TPSA) is 22.3 Å². The fourth-order valence-corrected chi connectivity index (χ4v) is 2.61. The second-order valence-corrected chi connectivity index (χ2v) is 7.38. The highest BCUT2D eigenvalue weighted by molar-refractivity contribution is 6.62. The van der Waals surface area contributed by atoms with E-state index in [0.29, 0.717) is 0 Å². The third-order valence-electron chi connectivity index (χ3n) is 4.93. The summed E-state index contributed by atoms with van der Waals surface area (Å²) in [7, 11) is -0.291. The maximum atomic E-state index is 6.09. The average Bonchev–Trinajstić information content (AvgIpc) is 2.71. The Morgan fingerprint density at radius 2 is 1.39 bits per heavy atom. The summed E-state index contributed by atoms with van der Waals surface area (Å²) in [5, 5.41) is 0. The maximum absolute atomic E-state index is 6.09. The van der Waals surface area contributed by atoms with E-state index in [1.54, 1.807) is 0 Å².